The zero-order valence-corrected chi connectivity index (χ0v) is 20.8. The number of carbonyl (C=O) groups excluding carboxylic acids is 1. The molecule has 3 unspecified atom stereocenters. The molecule has 2 amide bonds. The van der Waals surface area contributed by atoms with Crippen LogP contribution in [0.25, 0.3) is 11.8 Å². The highest BCUT2D eigenvalue weighted by molar-refractivity contribution is 5.74. The number of fused-ring (bicyclic) bond motifs is 3. The quantitative estimate of drug-likeness (QED) is 0.497. The maximum atomic E-state index is 14.2. The van der Waals surface area contributed by atoms with E-state index in [9.17, 15) is 13.6 Å². The first-order valence-corrected chi connectivity index (χ1v) is 12.5. The van der Waals surface area contributed by atoms with E-state index in [-0.39, 0.29) is 40.5 Å². The van der Waals surface area contributed by atoms with Gasteiger partial charge in [0, 0.05) is 14.1 Å². The molecular weight excluding hydrogens is 458 g/mol. The Morgan fingerprint density at radius 3 is 2.67 bits per heavy atom. The van der Waals surface area contributed by atoms with Gasteiger partial charge in [-0.3, -0.25) is 0 Å². The molecule has 1 aromatic heterocycles. The van der Waals surface area contributed by atoms with Gasteiger partial charge in [0.2, 0.25) is 0 Å². The first kappa shape index (κ1) is 23.0. The number of amides is 2. The Bertz CT molecular complexity index is 1380. The summed E-state index contributed by atoms with van der Waals surface area (Å²) in [4.78, 5) is 14.2. The lowest BCUT2D eigenvalue weighted by atomic mass is 9.66. The Hall–Kier alpha value is -3.48. The second kappa shape index (κ2) is 8.02. The first-order chi connectivity index (χ1) is 17.2. The molecule has 0 bridgehead atoms. The molecule has 7 heteroatoms. The summed E-state index contributed by atoms with van der Waals surface area (Å²) in [6, 6.07) is 12.6. The van der Waals surface area contributed by atoms with Crippen LogP contribution >= 0.6 is 0 Å². The van der Waals surface area contributed by atoms with Crippen LogP contribution in [0, 0.1) is 28.4 Å². The van der Waals surface area contributed by atoms with Gasteiger partial charge in [-0.1, -0.05) is 24.6 Å². The molecular formula is C29H30F2N4O. The van der Waals surface area contributed by atoms with E-state index in [1.807, 2.05) is 16.9 Å². The van der Waals surface area contributed by atoms with Crippen molar-refractivity contribution in [2.24, 2.45) is 16.7 Å². The Balaban J connectivity index is 1.34. The molecule has 2 saturated carbocycles. The van der Waals surface area contributed by atoms with E-state index in [1.165, 1.54) is 34.2 Å². The van der Waals surface area contributed by atoms with Gasteiger partial charge in [-0.15, -0.1) is 0 Å². The molecule has 186 valence electrons. The Morgan fingerprint density at radius 2 is 1.94 bits per heavy atom. The van der Waals surface area contributed by atoms with Crippen LogP contribution < -0.4 is 5.32 Å². The standard InChI is InChI=1S/C29H30F2N4O/c1-28-15-19-17-32-35(23-9-7-21(30)8-10-23)25(19)14-20(28)11-12-29(28)16-24(29)26(33-27(36)34(2)3)18-5-4-6-22(31)13-18/h4-10,13-14,17,24,26H,11-12,15-16H2,1-3H3,(H,33,36)/t24?,26?,28-,29?/m0/s1. The van der Waals surface area contributed by atoms with Gasteiger partial charge in [0.25, 0.3) is 0 Å². The zero-order valence-electron chi connectivity index (χ0n) is 20.8. The third kappa shape index (κ3) is 3.39. The van der Waals surface area contributed by atoms with Crippen LogP contribution in [-0.4, -0.2) is 34.8 Å². The van der Waals surface area contributed by atoms with Crippen molar-refractivity contribution in [3.63, 3.8) is 0 Å². The minimum Gasteiger partial charge on any atom is -0.331 e. The molecule has 4 atom stereocenters. The summed E-state index contributed by atoms with van der Waals surface area (Å²) in [7, 11) is 3.44. The van der Waals surface area contributed by atoms with Gasteiger partial charge in [0.15, 0.2) is 0 Å². The number of rotatable bonds is 4. The monoisotopic (exact) mass is 488 g/mol. The van der Waals surface area contributed by atoms with Crippen LogP contribution in [0.1, 0.15) is 49.0 Å². The second-order valence-electron chi connectivity index (χ2n) is 11.0. The number of hydrogen-bond donors (Lipinski definition) is 1. The number of hydrogen-bond acceptors (Lipinski definition) is 2. The van der Waals surface area contributed by atoms with Crippen molar-refractivity contribution in [2.75, 3.05) is 14.1 Å². The van der Waals surface area contributed by atoms with Gasteiger partial charge in [0.1, 0.15) is 11.6 Å². The minimum absolute atomic E-state index is 0.0328. The molecule has 0 radical (unpaired) electrons. The molecule has 0 aliphatic heterocycles. The van der Waals surface area contributed by atoms with Crippen molar-refractivity contribution in [1.82, 2.24) is 20.0 Å². The van der Waals surface area contributed by atoms with Crippen molar-refractivity contribution in [3.05, 3.63) is 88.8 Å². The third-order valence-electron chi connectivity index (χ3n) is 8.89. The average Bonchev–Trinajstić information content (AvgIpc) is 3.35. The highest BCUT2D eigenvalue weighted by atomic mass is 19.1. The highest BCUT2D eigenvalue weighted by Gasteiger charge is 2.70. The molecule has 2 aromatic carbocycles. The Labute approximate surface area is 209 Å². The van der Waals surface area contributed by atoms with Crippen LogP contribution in [0.5, 0.6) is 0 Å². The van der Waals surface area contributed by atoms with Crippen LogP contribution in [0.3, 0.4) is 0 Å². The van der Waals surface area contributed by atoms with Gasteiger partial charge < -0.3 is 10.2 Å². The number of nitrogens with zero attached hydrogens (tertiary/aromatic N) is 3. The number of benzene rings is 2. The molecule has 6 rings (SSSR count). The number of carbonyl (C=O) groups is 1. The van der Waals surface area contributed by atoms with E-state index in [4.69, 9.17) is 0 Å². The van der Waals surface area contributed by atoms with Crippen molar-refractivity contribution in [2.45, 2.75) is 38.6 Å². The SMILES string of the molecule is CN(C)C(=O)NC(c1cccc(F)c1)C1CC12CCC1=Cc3c(cnn3-c3ccc(F)cc3)C[C@@]12C. The molecule has 1 heterocycles. The molecule has 3 aromatic rings. The van der Waals surface area contributed by atoms with Crippen molar-refractivity contribution < 1.29 is 13.6 Å². The molecule has 0 saturated heterocycles. The number of aromatic nitrogens is 2. The fraction of sp³-hybridized carbons (Fsp3) is 0.379. The summed E-state index contributed by atoms with van der Waals surface area (Å²) in [5.74, 6) is -0.342. The van der Waals surface area contributed by atoms with Gasteiger partial charge in [-0.2, -0.15) is 5.10 Å². The van der Waals surface area contributed by atoms with E-state index in [0.29, 0.717) is 0 Å². The molecule has 3 aliphatic rings. The average molecular weight is 489 g/mol. The van der Waals surface area contributed by atoms with Gasteiger partial charge >= 0.3 is 6.03 Å². The van der Waals surface area contributed by atoms with Crippen LogP contribution in [0.15, 0.2) is 60.3 Å². The van der Waals surface area contributed by atoms with Gasteiger partial charge in [0.05, 0.1) is 23.6 Å². The summed E-state index contributed by atoms with van der Waals surface area (Å²) in [5.41, 5.74) is 5.27. The van der Waals surface area contributed by atoms with Crippen molar-refractivity contribution in [1.29, 1.82) is 0 Å². The molecule has 1 spiro atoms. The number of allylic oxidation sites excluding steroid dienone is 1. The maximum Gasteiger partial charge on any atom is 0.317 e. The lowest BCUT2D eigenvalue weighted by Gasteiger charge is -2.38. The van der Waals surface area contributed by atoms with Crippen molar-refractivity contribution >= 4 is 12.1 Å². The Kier molecular flexibility index (Phi) is 5.11. The maximum absolute atomic E-state index is 14.2. The number of nitrogens with one attached hydrogen (secondary N) is 1. The fourth-order valence-electron chi connectivity index (χ4n) is 6.84. The predicted molar refractivity (Wildman–Crippen MR) is 134 cm³/mol. The summed E-state index contributed by atoms with van der Waals surface area (Å²) in [6.45, 7) is 2.35. The summed E-state index contributed by atoms with van der Waals surface area (Å²) in [5, 5.41) is 7.83. The second-order valence-corrected chi connectivity index (χ2v) is 11.0. The smallest absolute Gasteiger partial charge is 0.317 e. The van der Waals surface area contributed by atoms with Gasteiger partial charge in [-0.25, -0.2) is 18.3 Å². The number of halogens is 2. The topological polar surface area (TPSA) is 50.2 Å². The lowest BCUT2D eigenvalue weighted by molar-refractivity contribution is 0.192. The molecule has 1 N–H and O–H groups in total. The Morgan fingerprint density at radius 1 is 1.17 bits per heavy atom. The lowest BCUT2D eigenvalue weighted by Crippen LogP contribution is -2.40. The highest BCUT2D eigenvalue weighted by Crippen LogP contribution is 2.77. The molecule has 5 nitrogen and oxygen atoms in total. The first-order valence-electron chi connectivity index (χ1n) is 12.5. The number of urea groups is 1. The van der Waals surface area contributed by atoms with E-state index in [1.54, 1.807) is 38.4 Å². The normalized spacial score (nSPS) is 26.7. The zero-order chi connectivity index (χ0) is 25.2. The van der Waals surface area contributed by atoms with E-state index < -0.39 is 0 Å². The van der Waals surface area contributed by atoms with Crippen LogP contribution in [0.4, 0.5) is 13.6 Å². The van der Waals surface area contributed by atoms with Crippen LogP contribution in [-0.2, 0) is 6.42 Å². The van der Waals surface area contributed by atoms with E-state index >= 15 is 0 Å². The van der Waals surface area contributed by atoms with E-state index in [0.717, 1.165) is 42.6 Å². The van der Waals surface area contributed by atoms with Crippen LogP contribution in [0.2, 0.25) is 0 Å². The third-order valence-corrected chi connectivity index (χ3v) is 8.89. The van der Waals surface area contributed by atoms with E-state index in [2.05, 4.69) is 23.4 Å². The van der Waals surface area contributed by atoms with Crippen molar-refractivity contribution in [3.8, 4) is 5.69 Å². The molecule has 3 aliphatic carbocycles. The minimum atomic E-state index is -0.292. The summed E-state index contributed by atoms with van der Waals surface area (Å²) < 4.78 is 29.5. The predicted octanol–water partition coefficient (Wildman–Crippen LogP) is 5.91. The van der Waals surface area contributed by atoms with Gasteiger partial charge in [-0.05, 0) is 96.0 Å². The molecule has 36 heavy (non-hydrogen) atoms. The summed E-state index contributed by atoms with van der Waals surface area (Å²) >= 11 is 0. The summed E-state index contributed by atoms with van der Waals surface area (Å²) in [6.07, 6.45) is 8.07. The fourth-order valence-corrected chi connectivity index (χ4v) is 6.84. The molecule has 2 fully saturated rings. The largest absolute Gasteiger partial charge is 0.331 e.